The average Bonchev–Trinajstić information content (AvgIpc) is 2.52. The topological polar surface area (TPSA) is 190 Å². The van der Waals surface area contributed by atoms with Gasteiger partial charge in [0.25, 0.3) is 0 Å². The molecule has 136 valence electrons. The summed E-state index contributed by atoms with van der Waals surface area (Å²) in [4.78, 5) is 0. The Morgan fingerprint density at radius 1 is 0.696 bits per heavy atom. The van der Waals surface area contributed by atoms with Gasteiger partial charge in [-0.1, -0.05) is 0 Å². The van der Waals surface area contributed by atoms with Gasteiger partial charge in [0.1, 0.15) is 30.5 Å². The first-order chi connectivity index (χ1) is 10.8. The van der Waals surface area contributed by atoms with Gasteiger partial charge in [-0.15, -0.1) is 0 Å². The SMILES string of the molecule is OC[C@H]1OC(OC[C@@H]2[C@H](O)[C@@H](O)[C@@H](O)O[C@H]2O)[C@H](O)[C@@H](O)[C@H]1O. The Hall–Kier alpha value is -0.440. The van der Waals surface area contributed by atoms with Crippen molar-refractivity contribution in [1.82, 2.24) is 0 Å². The molecule has 0 radical (unpaired) electrons. The zero-order valence-electron chi connectivity index (χ0n) is 12.0. The molecule has 11 heteroatoms. The number of aliphatic hydroxyl groups excluding tert-OH is 8. The summed E-state index contributed by atoms with van der Waals surface area (Å²) in [6, 6.07) is 0. The van der Waals surface area contributed by atoms with Crippen LogP contribution in [-0.2, 0) is 14.2 Å². The molecule has 23 heavy (non-hydrogen) atoms. The van der Waals surface area contributed by atoms with Gasteiger partial charge < -0.3 is 55.1 Å². The Kier molecular flexibility index (Phi) is 6.27. The van der Waals surface area contributed by atoms with Crippen molar-refractivity contribution in [3.8, 4) is 0 Å². The van der Waals surface area contributed by atoms with E-state index in [2.05, 4.69) is 4.74 Å². The highest BCUT2D eigenvalue weighted by atomic mass is 16.7. The molecule has 0 aliphatic carbocycles. The minimum absolute atomic E-state index is 0.463. The first-order valence-electron chi connectivity index (χ1n) is 7.07. The van der Waals surface area contributed by atoms with E-state index < -0.39 is 74.6 Å². The molecule has 0 aromatic carbocycles. The molecule has 2 aliphatic rings. The predicted molar refractivity (Wildman–Crippen MR) is 68.3 cm³/mol. The maximum absolute atomic E-state index is 9.80. The highest BCUT2D eigenvalue weighted by Crippen LogP contribution is 2.27. The number of rotatable bonds is 4. The minimum atomic E-state index is -1.76. The second kappa shape index (κ2) is 7.63. The quantitative estimate of drug-likeness (QED) is 0.244. The van der Waals surface area contributed by atoms with E-state index in [0.29, 0.717) is 0 Å². The minimum Gasteiger partial charge on any atom is -0.394 e. The van der Waals surface area contributed by atoms with Crippen molar-refractivity contribution in [1.29, 1.82) is 0 Å². The van der Waals surface area contributed by atoms with Crippen molar-refractivity contribution in [2.45, 2.75) is 55.5 Å². The Labute approximate surface area is 130 Å². The van der Waals surface area contributed by atoms with Crippen LogP contribution in [0.3, 0.4) is 0 Å². The van der Waals surface area contributed by atoms with Gasteiger partial charge >= 0.3 is 0 Å². The van der Waals surface area contributed by atoms with E-state index >= 15 is 0 Å². The molecule has 2 heterocycles. The molecular formula is C12H22O11. The summed E-state index contributed by atoms with van der Waals surface area (Å²) in [5, 5.41) is 76.3. The van der Waals surface area contributed by atoms with Gasteiger partial charge in [-0.05, 0) is 0 Å². The molecule has 2 aliphatic heterocycles. The van der Waals surface area contributed by atoms with Crippen molar-refractivity contribution < 1.29 is 55.1 Å². The number of hydrogen-bond donors (Lipinski definition) is 8. The Balaban J connectivity index is 1.96. The van der Waals surface area contributed by atoms with E-state index in [4.69, 9.17) is 14.6 Å². The van der Waals surface area contributed by atoms with Crippen molar-refractivity contribution in [2.24, 2.45) is 5.92 Å². The molecule has 0 aromatic rings. The van der Waals surface area contributed by atoms with E-state index in [9.17, 15) is 35.7 Å². The lowest BCUT2D eigenvalue weighted by Gasteiger charge is -2.42. The zero-order valence-corrected chi connectivity index (χ0v) is 12.0. The third-order valence-electron chi connectivity index (χ3n) is 4.03. The largest absolute Gasteiger partial charge is 0.394 e. The summed E-state index contributed by atoms with van der Waals surface area (Å²) in [6.07, 6.45) is -14.1. The molecule has 10 atom stereocenters. The van der Waals surface area contributed by atoms with Crippen LogP contribution in [0.2, 0.25) is 0 Å². The van der Waals surface area contributed by atoms with E-state index in [1.54, 1.807) is 0 Å². The van der Waals surface area contributed by atoms with Crippen LogP contribution < -0.4 is 0 Å². The fourth-order valence-electron chi connectivity index (χ4n) is 2.51. The molecule has 0 aromatic heterocycles. The lowest BCUT2D eigenvalue weighted by atomic mass is 9.94. The van der Waals surface area contributed by atoms with Gasteiger partial charge in [0.15, 0.2) is 18.9 Å². The molecule has 0 spiro atoms. The fourth-order valence-corrected chi connectivity index (χ4v) is 2.51. The van der Waals surface area contributed by atoms with Crippen LogP contribution in [0.4, 0.5) is 0 Å². The van der Waals surface area contributed by atoms with Gasteiger partial charge in [-0.3, -0.25) is 0 Å². The smallest absolute Gasteiger partial charge is 0.186 e. The van der Waals surface area contributed by atoms with E-state index in [1.807, 2.05) is 0 Å². The Morgan fingerprint density at radius 3 is 1.96 bits per heavy atom. The lowest BCUT2D eigenvalue weighted by molar-refractivity contribution is -0.339. The van der Waals surface area contributed by atoms with Crippen molar-refractivity contribution >= 4 is 0 Å². The summed E-state index contributed by atoms with van der Waals surface area (Å²) in [5.41, 5.74) is 0. The van der Waals surface area contributed by atoms with Crippen molar-refractivity contribution in [3.63, 3.8) is 0 Å². The highest BCUT2D eigenvalue weighted by Gasteiger charge is 2.47. The van der Waals surface area contributed by atoms with Crippen LogP contribution >= 0.6 is 0 Å². The molecular weight excluding hydrogens is 320 g/mol. The standard InChI is InChI=1S/C12H22O11/c13-1-4-6(15)7(16)9(18)12(22-4)21-2-3-5(14)8(17)11(20)23-10(3)19/h3-20H,1-2H2/t3-,4-,5+,6+,7+,8-,9-,10-,11+,12?/m1/s1. The van der Waals surface area contributed by atoms with Crippen molar-refractivity contribution in [3.05, 3.63) is 0 Å². The molecule has 11 nitrogen and oxygen atoms in total. The summed E-state index contributed by atoms with van der Waals surface area (Å²) in [6.45, 7) is -1.09. The first kappa shape index (κ1) is 18.9. The van der Waals surface area contributed by atoms with Crippen LogP contribution in [-0.4, -0.2) is 110 Å². The molecule has 1 unspecified atom stereocenters. The first-order valence-corrected chi connectivity index (χ1v) is 7.07. The maximum Gasteiger partial charge on any atom is 0.186 e. The Bertz CT molecular complexity index is 380. The van der Waals surface area contributed by atoms with Crippen LogP contribution in [0, 0.1) is 5.92 Å². The summed E-state index contributed by atoms with van der Waals surface area (Å²) in [7, 11) is 0. The molecule has 2 rings (SSSR count). The number of aliphatic hydroxyl groups is 8. The predicted octanol–water partition coefficient (Wildman–Crippen LogP) is -5.19. The fraction of sp³-hybridized carbons (Fsp3) is 1.00. The number of hydrogen-bond acceptors (Lipinski definition) is 11. The second-order valence-electron chi connectivity index (χ2n) is 5.59. The van der Waals surface area contributed by atoms with E-state index in [1.165, 1.54) is 0 Å². The molecule has 0 bridgehead atoms. The summed E-state index contributed by atoms with van der Waals surface area (Å²) in [5.74, 6) is -1.17. The second-order valence-corrected chi connectivity index (χ2v) is 5.59. The lowest BCUT2D eigenvalue weighted by Crippen LogP contribution is -2.60. The zero-order chi connectivity index (χ0) is 17.3. The molecule has 0 amide bonds. The van der Waals surface area contributed by atoms with Gasteiger partial charge in [-0.2, -0.15) is 0 Å². The van der Waals surface area contributed by atoms with E-state index in [0.717, 1.165) is 0 Å². The molecule has 8 N–H and O–H groups in total. The van der Waals surface area contributed by atoms with Crippen LogP contribution in [0.25, 0.3) is 0 Å². The summed E-state index contributed by atoms with van der Waals surface area (Å²) < 4.78 is 14.9. The highest BCUT2D eigenvalue weighted by molar-refractivity contribution is 4.90. The van der Waals surface area contributed by atoms with Gasteiger partial charge in [0.05, 0.1) is 25.2 Å². The van der Waals surface area contributed by atoms with Gasteiger partial charge in [0.2, 0.25) is 0 Å². The van der Waals surface area contributed by atoms with Crippen LogP contribution in [0.15, 0.2) is 0 Å². The monoisotopic (exact) mass is 342 g/mol. The Morgan fingerprint density at radius 2 is 1.35 bits per heavy atom. The molecule has 2 saturated heterocycles. The van der Waals surface area contributed by atoms with Gasteiger partial charge in [-0.25, -0.2) is 0 Å². The molecule has 0 saturated carbocycles. The van der Waals surface area contributed by atoms with Crippen molar-refractivity contribution in [2.75, 3.05) is 13.2 Å². The average molecular weight is 342 g/mol. The van der Waals surface area contributed by atoms with E-state index in [-0.39, 0.29) is 0 Å². The van der Waals surface area contributed by atoms with Crippen LogP contribution in [0.5, 0.6) is 0 Å². The summed E-state index contributed by atoms with van der Waals surface area (Å²) >= 11 is 0. The third-order valence-corrected chi connectivity index (χ3v) is 4.03. The van der Waals surface area contributed by atoms with Crippen LogP contribution in [0.1, 0.15) is 0 Å². The third kappa shape index (κ3) is 3.81. The number of ether oxygens (including phenoxy) is 3. The van der Waals surface area contributed by atoms with Gasteiger partial charge in [0, 0.05) is 0 Å². The normalized spacial score (nSPS) is 51.7. The maximum atomic E-state index is 9.80. The molecule has 2 fully saturated rings.